The molecule has 4 heteroatoms. The van der Waals surface area contributed by atoms with E-state index in [0.717, 1.165) is 36.2 Å². The second-order valence-electron chi connectivity index (χ2n) is 6.95. The number of carbonyl (C=O) groups is 1. The minimum atomic E-state index is -0.0616. The summed E-state index contributed by atoms with van der Waals surface area (Å²) < 4.78 is 2.08. The number of carbonyl (C=O) groups excluding carboxylic acids is 1. The largest absolute Gasteiger partial charge is 0.508 e. The van der Waals surface area contributed by atoms with E-state index in [1.807, 2.05) is 36.7 Å². The number of hydrogen-bond acceptors (Lipinski definition) is 3. The summed E-state index contributed by atoms with van der Waals surface area (Å²) >= 11 is 0. The van der Waals surface area contributed by atoms with Crippen molar-refractivity contribution in [1.82, 2.24) is 9.55 Å². The van der Waals surface area contributed by atoms with E-state index in [2.05, 4.69) is 21.7 Å². The maximum atomic E-state index is 12.5. The molecule has 1 aromatic heterocycles. The molecule has 26 heavy (non-hydrogen) atoms. The summed E-state index contributed by atoms with van der Waals surface area (Å²) in [7, 11) is 0. The predicted molar refractivity (Wildman–Crippen MR) is 100 cm³/mol. The van der Waals surface area contributed by atoms with Gasteiger partial charge in [-0.1, -0.05) is 42.5 Å². The number of hydrogen-bond donors (Lipinski definition) is 1. The summed E-state index contributed by atoms with van der Waals surface area (Å²) in [6.07, 6.45) is 5.07. The van der Waals surface area contributed by atoms with Crippen molar-refractivity contribution in [3.05, 3.63) is 83.4 Å². The monoisotopic (exact) mass is 346 g/mol. The molecule has 3 aromatic rings. The van der Waals surface area contributed by atoms with Crippen molar-refractivity contribution in [2.75, 3.05) is 0 Å². The maximum Gasteiger partial charge on any atom is 0.141 e. The molecule has 1 heterocycles. The highest BCUT2D eigenvalue weighted by atomic mass is 16.3. The first-order valence-electron chi connectivity index (χ1n) is 9.09. The summed E-state index contributed by atoms with van der Waals surface area (Å²) in [6, 6.07) is 17.5. The SMILES string of the molecule is O=C1CCCC1c1c(Cc2ccccc2)ncn1Cc1cccc(O)c1. The Labute approximate surface area is 153 Å². The van der Waals surface area contributed by atoms with Gasteiger partial charge in [-0.2, -0.15) is 0 Å². The van der Waals surface area contributed by atoms with Crippen LogP contribution in [0.15, 0.2) is 60.9 Å². The zero-order valence-corrected chi connectivity index (χ0v) is 14.6. The number of imidazole rings is 1. The Morgan fingerprint density at radius 1 is 1.08 bits per heavy atom. The molecule has 1 unspecified atom stereocenters. The van der Waals surface area contributed by atoms with E-state index in [1.54, 1.807) is 12.1 Å². The zero-order valence-electron chi connectivity index (χ0n) is 14.6. The van der Waals surface area contributed by atoms with Crippen molar-refractivity contribution < 1.29 is 9.90 Å². The quantitative estimate of drug-likeness (QED) is 0.758. The van der Waals surface area contributed by atoms with Crippen LogP contribution in [0.4, 0.5) is 0 Å². The topological polar surface area (TPSA) is 55.1 Å². The minimum Gasteiger partial charge on any atom is -0.508 e. The maximum absolute atomic E-state index is 12.5. The van der Waals surface area contributed by atoms with Crippen molar-refractivity contribution in [2.24, 2.45) is 0 Å². The standard InChI is InChI=1S/C22H22N2O2/c25-18-9-4-8-17(12-18)14-24-15-23-20(13-16-6-2-1-3-7-16)22(24)19-10-5-11-21(19)26/h1-4,6-9,12,15,19,25H,5,10-11,13-14H2. The van der Waals surface area contributed by atoms with Crippen LogP contribution in [0.2, 0.25) is 0 Å². The molecule has 4 nitrogen and oxygen atoms in total. The zero-order chi connectivity index (χ0) is 17.9. The first-order valence-corrected chi connectivity index (χ1v) is 9.09. The van der Waals surface area contributed by atoms with E-state index < -0.39 is 0 Å². The van der Waals surface area contributed by atoms with Gasteiger partial charge in [0, 0.05) is 19.4 Å². The van der Waals surface area contributed by atoms with Gasteiger partial charge in [-0.15, -0.1) is 0 Å². The summed E-state index contributed by atoms with van der Waals surface area (Å²) in [4.78, 5) is 17.1. The third kappa shape index (κ3) is 3.40. The first kappa shape index (κ1) is 16.6. The molecule has 1 aliphatic carbocycles. The van der Waals surface area contributed by atoms with Gasteiger partial charge in [0.1, 0.15) is 11.5 Å². The number of phenolic OH excluding ortho intramolecular Hbond substituents is 1. The predicted octanol–water partition coefficient (Wildman–Crippen LogP) is 4.06. The molecule has 1 atom stereocenters. The summed E-state index contributed by atoms with van der Waals surface area (Å²) in [5.41, 5.74) is 4.22. The number of rotatable bonds is 5. The summed E-state index contributed by atoms with van der Waals surface area (Å²) in [5, 5.41) is 9.74. The number of aromatic nitrogens is 2. The van der Waals surface area contributed by atoms with E-state index in [1.165, 1.54) is 5.56 Å². The molecule has 1 N–H and O–H groups in total. The van der Waals surface area contributed by atoms with Gasteiger partial charge < -0.3 is 9.67 Å². The number of phenols is 1. The number of ketones is 1. The van der Waals surface area contributed by atoms with Crippen LogP contribution in [-0.2, 0) is 17.8 Å². The molecule has 0 bridgehead atoms. The average Bonchev–Trinajstić information content (AvgIpc) is 3.22. The number of aromatic hydroxyl groups is 1. The fourth-order valence-electron chi connectivity index (χ4n) is 3.84. The van der Waals surface area contributed by atoms with E-state index in [9.17, 15) is 9.90 Å². The summed E-state index contributed by atoms with van der Waals surface area (Å²) in [6.45, 7) is 0.606. The molecule has 0 spiro atoms. The van der Waals surface area contributed by atoms with Gasteiger partial charge in [0.25, 0.3) is 0 Å². The minimum absolute atomic E-state index is 0.0616. The van der Waals surface area contributed by atoms with Gasteiger partial charge in [-0.05, 0) is 36.1 Å². The van der Waals surface area contributed by atoms with Gasteiger partial charge in [0.05, 0.1) is 23.6 Å². The lowest BCUT2D eigenvalue weighted by atomic mass is 9.97. The number of benzene rings is 2. The second kappa shape index (κ2) is 7.16. The first-order chi connectivity index (χ1) is 12.7. The van der Waals surface area contributed by atoms with Crippen molar-refractivity contribution in [2.45, 2.75) is 38.1 Å². The lowest BCUT2D eigenvalue weighted by Gasteiger charge is -2.15. The Morgan fingerprint density at radius 3 is 2.62 bits per heavy atom. The molecule has 1 aliphatic rings. The smallest absolute Gasteiger partial charge is 0.141 e. The Balaban J connectivity index is 1.70. The van der Waals surface area contributed by atoms with Crippen LogP contribution in [0.1, 0.15) is 47.7 Å². The average molecular weight is 346 g/mol. The molecule has 1 saturated carbocycles. The lowest BCUT2D eigenvalue weighted by Crippen LogP contribution is -2.14. The highest BCUT2D eigenvalue weighted by molar-refractivity contribution is 5.87. The summed E-state index contributed by atoms with van der Waals surface area (Å²) in [5.74, 6) is 0.510. The molecule has 4 rings (SSSR count). The van der Waals surface area contributed by atoms with Gasteiger partial charge in [-0.25, -0.2) is 4.98 Å². The van der Waals surface area contributed by atoms with E-state index in [-0.39, 0.29) is 11.7 Å². The third-order valence-electron chi connectivity index (χ3n) is 5.07. The molecule has 132 valence electrons. The molecular weight excluding hydrogens is 324 g/mol. The van der Waals surface area contributed by atoms with Crippen LogP contribution in [0.3, 0.4) is 0 Å². The van der Waals surface area contributed by atoms with Crippen LogP contribution in [-0.4, -0.2) is 20.4 Å². The van der Waals surface area contributed by atoms with E-state index >= 15 is 0 Å². The van der Waals surface area contributed by atoms with Crippen molar-refractivity contribution in [3.8, 4) is 5.75 Å². The van der Waals surface area contributed by atoms with Crippen LogP contribution < -0.4 is 0 Å². The van der Waals surface area contributed by atoms with Crippen LogP contribution in [0.25, 0.3) is 0 Å². The Kier molecular flexibility index (Phi) is 4.57. The lowest BCUT2D eigenvalue weighted by molar-refractivity contribution is -0.118. The van der Waals surface area contributed by atoms with E-state index in [0.29, 0.717) is 18.7 Å². The fraction of sp³-hybridized carbons (Fsp3) is 0.273. The van der Waals surface area contributed by atoms with E-state index in [4.69, 9.17) is 0 Å². The van der Waals surface area contributed by atoms with Gasteiger partial charge in [0.2, 0.25) is 0 Å². The van der Waals surface area contributed by atoms with Crippen molar-refractivity contribution >= 4 is 5.78 Å². The molecule has 2 aromatic carbocycles. The van der Waals surface area contributed by atoms with Crippen LogP contribution >= 0.6 is 0 Å². The molecule has 0 saturated heterocycles. The Bertz CT molecular complexity index is 915. The Morgan fingerprint density at radius 2 is 1.88 bits per heavy atom. The van der Waals surface area contributed by atoms with Crippen molar-refractivity contribution in [1.29, 1.82) is 0 Å². The molecule has 0 aliphatic heterocycles. The van der Waals surface area contributed by atoms with Crippen LogP contribution in [0, 0.1) is 0 Å². The molecular formula is C22H22N2O2. The highest BCUT2D eigenvalue weighted by Gasteiger charge is 2.31. The molecule has 0 radical (unpaired) electrons. The third-order valence-corrected chi connectivity index (χ3v) is 5.07. The Hall–Kier alpha value is -2.88. The van der Waals surface area contributed by atoms with Gasteiger partial charge in [0.15, 0.2) is 0 Å². The van der Waals surface area contributed by atoms with Crippen LogP contribution in [0.5, 0.6) is 5.75 Å². The number of nitrogens with zero attached hydrogens (tertiary/aromatic N) is 2. The highest BCUT2D eigenvalue weighted by Crippen LogP contribution is 2.34. The number of Topliss-reactive ketones (excluding diaryl/α,β-unsaturated/α-hetero) is 1. The molecule has 0 amide bonds. The normalized spacial score (nSPS) is 16.9. The van der Waals surface area contributed by atoms with Gasteiger partial charge >= 0.3 is 0 Å². The van der Waals surface area contributed by atoms with Gasteiger partial charge in [-0.3, -0.25) is 4.79 Å². The fourth-order valence-corrected chi connectivity index (χ4v) is 3.84. The second-order valence-corrected chi connectivity index (χ2v) is 6.95. The van der Waals surface area contributed by atoms with Crippen molar-refractivity contribution in [3.63, 3.8) is 0 Å². The molecule has 1 fully saturated rings.